The van der Waals surface area contributed by atoms with Crippen LogP contribution in [0.2, 0.25) is 5.15 Å². The van der Waals surface area contributed by atoms with Crippen molar-refractivity contribution in [2.75, 3.05) is 12.4 Å². The van der Waals surface area contributed by atoms with Crippen molar-refractivity contribution in [2.24, 2.45) is 0 Å². The third kappa shape index (κ3) is 2.91. The molecule has 104 valence electrons. The molecule has 0 unspecified atom stereocenters. The number of hydrogen-bond acceptors (Lipinski definition) is 3. The Hall–Kier alpha value is -2.07. The molecule has 5 heteroatoms. The highest BCUT2D eigenvalue weighted by Gasteiger charge is 2.12. The Labute approximate surface area is 122 Å². The number of hydrogen-bond donors (Lipinski definition) is 1. The Bertz CT molecular complexity index is 656. The fourth-order valence-corrected chi connectivity index (χ4v) is 2.19. The number of nitrogens with one attached hydrogen (secondary N) is 1. The summed E-state index contributed by atoms with van der Waals surface area (Å²) in [5.74, 6) is 0.541. The molecule has 0 aliphatic heterocycles. The molecule has 0 aliphatic carbocycles. The topological polar surface area (TPSA) is 51.2 Å². The van der Waals surface area contributed by atoms with Crippen LogP contribution < -0.4 is 10.1 Å². The first-order valence-corrected chi connectivity index (χ1v) is 6.48. The van der Waals surface area contributed by atoms with E-state index in [1.165, 1.54) is 12.3 Å². The van der Waals surface area contributed by atoms with Gasteiger partial charge in [-0.05, 0) is 37.6 Å². The highest BCUT2D eigenvalue weighted by molar-refractivity contribution is 6.29. The van der Waals surface area contributed by atoms with Crippen LogP contribution in [0.1, 0.15) is 21.5 Å². The average Bonchev–Trinajstić information content (AvgIpc) is 2.42. The summed E-state index contributed by atoms with van der Waals surface area (Å²) in [6.07, 6.45) is 1.50. The van der Waals surface area contributed by atoms with Gasteiger partial charge in [0.15, 0.2) is 0 Å². The van der Waals surface area contributed by atoms with Crippen LogP contribution in [0.3, 0.4) is 0 Å². The van der Waals surface area contributed by atoms with Crippen LogP contribution in [0.4, 0.5) is 5.69 Å². The second kappa shape index (κ2) is 5.92. The minimum Gasteiger partial charge on any atom is -0.496 e. The van der Waals surface area contributed by atoms with Gasteiger partial charge in [0, 0.05) is 23.0 Å². The number of carbonyl (C=O) groups is 1. The van der Waals surface area contributed by atoms with Crippen molar-refractivity contribution in [1.29, 1.82) is 0 Å². The van der Waals surface area contributed by atoms with Crippen molar-refractivity contribution in [3.63, 3.8) is 0 Å². The number of aromatic nitrogens is 1. The Balaban J connectivity index is 2.29. The van der Waals surface area contributed by atoms with E-state index in [2.05, 4.69) is 10.3 Å². The molecule has 0 saturated carbocycles. The summed E-state index contributed by atoms with van der Waals surface area (Å²) in [5, 5.41) is 3.14. The standard InChI is InChI=1S/C15H15ClN2O2/c1-9-4-5-12(10(2)14(9)20-3)18-15(19)11-6-7-17-13(16)8-11/h4-8H,1-3H3,(H,18,19). The molecule has 0 bridgehead atoms. The summed E-state index contributed by atoms with van der Waals surface area (Å²) < 4.78 is 5.34. The normalized spacial score (nSPS) is 10.2. The largest absolute Gasteiger partial charge is 0.496 e. The van der Waals surface area contributed by atoms with Crippen molar-refractivity contribution >= 4 is 23.2 Å². The lowest BCUT2D eigenvalue weighted by Gasteiger charge is -2.14. The lowest BCUT2D eigenvalue weighted by Crippen LogP contribution is -2.13. The molecule has 1 amide bonds. The van der Waals surface area contributed by atoms with Gasteiger partial charge in [0.2, 0.25) is 0 Å². The zero-order valence-electron chi connectivity index (χ0n) is 11.5. The lowest BCUT2D eigenvalue weighted by atomic mass is 10.1. The van der Waals surface area contributed by atoms with E-state index in [4.69, 9.17) is 16.3 Å². The van der Waals surface area contributed by atoms with E-state index in [0.29, 0.717) is 11.3 Å². The van der Waals surface area contributed by atoms with E-state index in [1.54, 1.807) is 13.2 Å². The molecular formula is C15H15ClN2O2. The third-order valence-corrected chi connectivity index (χ3v) is 3.25. The number of halogens is 1. The summed E-state index contributed by atoms with van der Waals surface area (Å²) in [6, 6.07) is 6.90. The monoisotopic (exact) mass is 290 g/mol. The first-order valence-electron chi connectivity index (χ1n) is 6.10. The molecule has 0 fully saturated rings. The number of amides is 1. The lowest BCUT2D eigenvalue weighted by molar-refractivity contribution is 0.102. The van der Waals surface area contributed by atoms with Gasteiger partial charge < -0.3 is 10.1 Å². The van der Waals surface area contributed by atoms with Gasteiger partial charge in [-0.1, -0.05) is 17.7 Å². The van der Waals surface area contributed by atoms with Gasteiger partial charge in [-0.25, -0.2) is 4.98 Å². The number of methoxy groups -OCH3 is 1. The highest BCUT2D eigenvalue weighted by atomic mass is 35.5. The summed E-state index contributed by atoms with van der Waals surface area (Å²) >= 11 is 5.78. The molecule has 2 rings (SSSR count). The maximum absolute atomic E-state index is 12.2. The smallest absolute Gasteiger partial charge is 0.255 e. The molecule has 1 aromatic heterocycles. The van der Waals surface area contributed by atoms with Crippen LogP contribution in [0.25, 0.3) is 0 Å². The van der Waals surface area contributed by atoms with E-state index in [-0.39, 0.29) is 11.1 Å². The molecular weight excluding hydrogens is 276 g/mol. The van der Waals surface area contributed by atoms with Gasteiger partial charge in [-0.3, -0.25) is 4.79 Å². The molecule has 0 aliphatic rings. The minimum atomic E-state index is -0.233. The maximum Gasteiger partial charge on any atom is 0.255 e. The van der Waals surface area contributed by atoms with Crippen LogP contribution in [-0.4, -0.2) is 18.0 Å². The zero-order chi connectivity index (χ0) is 14.7. The van der Waals surface area contributed by atoms with Gasteiger partial charge in [0.1, 0.15) is 10.9 Å². The van der Waals surface area contributed by atoms with E-state index in [0.717, 1.165) is 16.9 Å². The zero-order valence-corrected chi connectivity index (χ0v) is 12.3. The SMILES string of the molecule is COc1c(C)ccc(NC(=O)c2ccnc(Cl)c2)c1C. The molecule has 0 saturated heterocycles. The number of aryl methyl sites for hydroxylation is 1. The van der Waals surface area contributed by atoms with E-state index in [9.17, 15) is 4.79 Å². The number of pyridine rings is 1. The predicted molar refractivity (Wildman–Crippen MR) is 79.7 cm³/mol. The predicted octanol–water partition coefficient (Wildman–Crippen LogP) is 3.61. The second-order valence-corrected chi connectivity index (χ2v) is 4.80. The third-order valence-electron chi connectivity index (χ3n) is 3.04. The van der Waals surface area contributed by atoms with Gasteiger partial charge in [0.25, 0.3) is 5.91 Å². The Morgan fingerprint density at radius 3 is 2.70 bits per heavy atom. The van der Waals surface area contributed by atoms with Crippen molar-refractivity contribution in [2.45, 2.75) is 13.8 Å². The van der Waals surface area contributed by atoms with Crippen LogP contribution >= 0.6 is 11.6 Å². The first-order chi connectivity index (χ1) is 9.52. The summed E-state index contributed by atoms with van der Waals surface area (Å²) in [6.45, 7) is 3.86. The Kier molecular flexibility index (Phi) is 4.25. The molecule has 4 nitrogen and oxygen atoms in total. The Morgan fingerprint density at radius 1 is 1.30 bits per heavy atom. The first kappa shape index (κ1) is 14.3. The van der Waals surface area contributed by atoms with Crippen LogP contribution in [-0.2, 0) is 0 Å². The van der Waals surface area contributed by atoms with E-state index in [1.807, 2.05) is 26.0 Å². The van der Waals surface area contributed by atoms with Gasteiger partial charge in [-0.2, -0.15) is 0 Å². The number of benzene rings is 1. The van der Waals surface area contributed by atoms with Crippen LogP contribution in [0, 0.1) is 13.8 Å². The summed E-state index contributed by atoms with van der Waals surface area (Å²) in [4.78, 5) is 16.0. The number of anilines is 1. The van der Waals surface area contributed by atoms with Crippen molar-refractivity contribution in [3.8, 4) is 5.75 Å². The number of carbonyl (C=O) groups excluding carboxylic acids is 1. The van der Waals surface area contributed by atoms with E-state index >= 15 is 0 Å². The minimum absolute atomic E-state index is 0.233. The molecule has 20 heavy (non-hydrogen) atoms. The highest BCUT2D eigenvalue weighted by Crippen LogP contribution is 2.29. The molecule has 1 heterocycles. The van der Waals surface area contributed by atoms with Gasteiger partial charge in [0.05, 0.1) is 7.11 Å². The fourth-order valence-electron chi connectivity index (χ4n) is 2.01. The number of rotatable bonds is 3. The summed E-state index contributed by atoms with van der Waals surface area (Å²) in [7, 11) is 1.61. The molecule has 0 radical (unpaired) electrons. The van der Waals surface area contributed by atoms with Gasteiger partial charge >= 0.3 is 0 Å². The van der Waals surface area contributed by atoms with Crippen molar-refractivity contribution in [3.05, 3.63) is 52.3 Å². The van der Waals surface area contributed by atoms with Crippen molar-refractivity contribution in [1.82, 2.24) is 4.98 Å². The Morgan fingerprint density at radius 2 is 2.05 bits per heavy atom. The number of nitrogens with zero attached hydrogens (tertiary/aromatic N) is 1. The number of ether oxygens (including phenoxy) is 1. The van der Waals surface area contributed by atoms with Crippen LogP contribution in [0.5, 0.6) is 5.75 Å². The van der Waals surface area contributed by atoms with Crippen LogP contribution in [0.15, 0.2) is 30.5 Å². The fraction of sp³-hybridized carbons (Fsp3) is 0.200. The maximum atomic E-state index is 12.2. The molecule has 1 N–H and O–H groups in total. The molecule has 0 atom stereocenters. The molecule has 1 aromatic carbocycles. The van der Waals surface area contributed by atoms with Crippen molar-refractivity contribution < 1.29 is 9.53 Å². The van der Waals surface area contributed by atoms with E-state index < -0.39 is 0 Å². The summed E-state index contributed by atoms with van der Waals surface area (Å²) in [5.41, 5.74) is 3.09. The second-order valence-electron chi connectivity index (χ2n) is 4.41. The quantitative estimate of drug-likeness (QED) is 0.879. The molecule has 2 aromatic rings. The van der Waals surface area contributed by atoms with Gasteiger partial charge in [-0.15, -0.1) is 0 Å². The molecule has 0 spiro atoms. The average molecular weight is 291 g/mol.